The van der Waals surface area contributed by atoms with Crippen LogP contribution in [0, 0.1) is 0 Å². The Morgan fingerprint density at radius 3 is 2.20 bits per heavy atom. The van der Waals surface area contributed by atoms with Crippen molar-refractivity contribution in [1.82, 2.24) is 5.32 Å². The van der Waals surface area contributed by atoms with E-state index in [1.54, 1.807) is 43.5 Å². The van der Waals surface area contributed by atoms with Gasteiger partial charge in [0.1, 0.15) is 5.75 Å². The molecule has 0 bridgehead atoms. The van der Waals surface area contributed by atoms with Crippen LogP contribution >= 0.6 is 0 Å². The lowest BCUT2D eigenvalue weighted by Crippen LogP contribution is -3.14. The van der Waals surface area contributed by atoms with Crippen LogP contribution in [-0.4, -0.2) is 51.0 Å². The molecule has 8 heteroatoms. The number of ether oxygens (including phenoxy) is 1. The number of carbonyl (C=O) groups is 3. The summed E-state index contributed by atoms with van der Waals surface area (Å²) in [5.41, 5.74) is 1.62. The predicted octanol–water partition coefficient (Wildman–Crippen LogP) is 0.927. The van der Waals surface area contributed by atoms with Gasteiger partial charge in [-0.3, -0.25) is 14.4 Å². The van der Waals surface area contributed by atoms with E-state index in [-0.39, 0.29) is 30.8 Å². The highest BCUT2D eigenvalue weighted by Crippen LogP contribution is 2.23. The second kappa shape index (κ2) is 11.6. The van der Waals surface area contributed by atoms with Crippen LogP contribution in [0.4, 0.5) is 11.4 Å². The number of carbonyl (C=O) groups excluding carboxylic acids is 3. The first-order chi connectivity index (χ1) is 14.5. The van der Waals surface area contributed by atoms with Crippen molar-refractivity contribution in [1.29, 1.82) is 0 Å². The van der Waals surface area contributed by atoms with Crippen LogP contribution in [0.1, 0.15) is 24.2 Å². The molecule has 3 amide bonds. The van der Waals surface area contributed by atoms with Gasteiger partial charge in [0, 0.05) is 17.8 Å². The Morgan fingerprint density at radius 2 is 1.57 bits per heavy atom. The highest BCUT2D eigenvalue weighted by molar-refractivity contribution is 6.05. The molecule has 4 N–H and O–H groups in total. The lowest BCUT2D eigenvalue weighted by atomic mass is 10.2. The van der Waals surface area contributed by atoms with Gasteiger partial charge in [0.05, 0.1) is 19.3 Å². The van der Waals surface area contributed by atoms with Crippen molar-refractivity contribution in [2.24, 2.45) is 0 Å². The Labute approximate surface area is 176 Å². The van der Waals surface area contributed by atoms with Crippen molar-refractivity contribution in [2.45, 2.75) is 13.8 Å². The summed E-state index contributed by atoms with van der Waals surface area (Å²) in [4.78, 5) is 37.3. The van der Waals surface area contributed by atoms with E-state index in [0.29, 0.717) is 35.8 Å². The van der Waals surface area contributed by atoms with E-state index in [2.05, 4.69) is 16.0 Å². The number of likely N-dealkylation sites (N-methyl/N-ethyl adjacent to an activating group) is 2. The Balaban J connectivity index is 1.92. The first-order valence-electron chi connectivity index (χ1n) is 9.91. The average Bonchev–Trinajstić information content (AvgIpc) is 2.74. The molecule has 2 rings (SSSR count). The van der Waals surface area contributed by atoms with Crippen LogP contribution in [0.2, 0.25) is 0 Å². The first kappa shape index (κ1) is 22.9. The molecule has 0 aromatic heterocycles. The van der Waals surface area contributed by atoms with E-state index < -0.39 is 0 Å². The summed E-state index contributed by atoms with van der Waals surface area (Å²) >= 11 is 0. The standard InChI is InChI=1S/C22H28N4O4/c1-4-23-20(27)14-26(5-2)15-21(28)24-17-12-10-16(11-13-17)22(29)25-18-8-6-7-9-19(18)30-3/h6-13H,4-5,14-15H2,1-3H3,(H,23,27)(H,24,28)(H,25,29)/p+1. The molecule has 0 spiro atoms. The number of anilines is 2. The number of nitrogens with one attached hydrogen (secondary N) is 4. The van der Waals surface area contributed by atoms with E-state index >= 15 is 0 Å². The molecule has 2 aromatic carbocycles. The maximum atomic E-state index is 12.5. The van der Waals surface area contributed by atoms with Gasteiger partial charge < -0.3 is 25.6 Å². The Morgan fingerprint density at radius 1 is 0.900 bits per heavy atom. The molecule has 0 fully saturated rings. The second-order valence-corrected chi connectivity index (χ2v) is 6.69. The minimum Gasteiger partial charge on any atom is -0.495 e. The minimum absolute atomic E-state index is 0.0763. The molecule has 0 radical (unpaired) electrons. The number of amides is 3. The van der Waals surface area contributed by atoms with Gasteiger partial charge in [-0.05, 0) is 50.2 Å². The van der Waals surface area contributed by atoms with Crippen LogP contribution in [0.15, 0.2) is 48.5 Å². The third-order valence-electron chi connectivity index (χ3n) is 4.48. The zero-order chi connectivity index (χ0) is 21.9. The normalized spacial score (nSPS) is 11.3. The molecular formula is C22H29N4O4+. The molecule has 1 atom stereocenters. The highest BCUT2D eigenvalue weighted by Gasteiger charge is 2.16. The minimum atomic E-state index is -0.277. The fraction of sp³-hybridized carbons (Fsp3) is 0.318. The van der Waals surface area contributed by atoms with Gasteiger partial charge in [-0.15, -0.1) is 0 Å². The highest BCUT2D eigenvalue weighted by atomic mass is 16.5. The number of rotatable bonds is 10. The van der Waals surface area contributed by atoms with Crippen LogP contribution in [0.5, 0.6) is 5.75 Å². The molecule has 160 valence electrons. The summed E-state index contributed by atoms with van der Waals surface area (Å²) in [6.45, 7) is 5.45. The zero-order valence-electron chi connectivity index (χ0n) is 17.6. The van der Waals surface area contributed by atoms with Gasteiger partial charge >= 0.3 is 0 Å². The Hall–Kier alpha value is -3.39. The Kier molecular flexibility index (Phi) is 8.83. The lowest BCUT2D eigenvalue weighted by molar-refractivity contribution is -0.881. The number of hydrogen-bond acceptors (Lipinski definition) is 4. The van der Waals surface area contributed by atoms with Gasteiger partial charge in [-0.25, -0.2) is 0 Å². The fourth-order valence-electron chi connectivity index (χ4n) is 2.88. The molecule has 0 aliphatic heterocycles. The molecule has 0 saturated carbocycles. The molecule has 30 heavy (non-hydrogen) atoms. The van der Waals surface area contributed by atoms with E-state index in [1.807, 2.05) is 26.0 Å². The van der Waals surface area contributed by atoms with Crippen molar-refractivity contribution in [3.63, 3.8) is 0 Å². The SMILES string of the molecule is CCNC(=O)C[NH+](CC)CC(=O)Nc1ccc(C(=O)Nc2ccccc2OC)cc1. The van der Waals surface area contributed by atoms with Crippen molar-refractivity contribution in [2.75, 3.05) is 43.9 Å². The monoisotopic (exact) mass is 413 g/mol. The average molecular weight is 413 g/mol. The molecule has 0 heterocycles. The summed E-state index contributed by atoms with van der Waals surface area (Å²) in [5.74, 6) is 0.0289. The van der Waals surface area contributed by atoms with Crippen molar-refractivity contribution >= 4 is 29.1 Å². The summed E-state index contributed by atoms with van der Waals surface area (Å²) in [6, 6.07) is 13.8. The molecular weight excluding hydrogens is 384 g/mol. The largest absolute Gasteiger partial charge is 0.495 e. The maximum Gasteiger partial charge on any atom is 0.279 e. The predicted molar refractivity (Wildman–Crippen MR) is 116 cm³/mol. The second-order valence-electron chi connectivity index (χ2n) is 6.69. The smallest absolute Gasteiger partial charge is 0.279 e. The van der Waals surface area contributed by atoms with E-state index in [4.69, 9.17) is 4.74 Å². The molecule has 0 aliphatic rings. The number of hydrogen-bond donors (Lipinski definition) is 4. The molecule has 0 saturated heterocycles. The number of para-hydroxylation sites is 2. The van der Waals surface area contributed by atoms with Gasteiger partial charge in [0.15, 0.2) is 13.1 Å². The fourth-order valence-corrected chi connectivity index (χ4v) is 2.88. The number of benzene rings is 2. The molecule has 0 aliphatic carbocycles. The van der Waals surface area contributed by atoms with Crippen molar-refractivity contribution in [3.05, 3.63) is 54.1 Å². The van der Waals surface area contributed by atoms with Gasteiger partial charge in [-0.2, -0.15) is 0 Å². The van der Waals surface area contributed by atoms with Crippen molar-refractivity contribution in [3.8, 4) is 5.75 Å². The topological polar surface area (TPSA) is 101 Å². The van der Waals surface area contributed by atoms with Gasteiger partial charge in [0.2, 0.25) is 0 Å². The zero-order valence-corrected chi connectivity index (χ0v) is 17.6. The van der Waals surface area contributed by atoms with E-state index in [1.165, 1.54) is 0 Å². The van der Waals surface area contributed by atoms with Crippen LogP contribution in [0.25, 0.3) is 0 Å². The van der Waals surface area contributed by atoms with Gasteiger partial charge in [0.25, 0.3) is 17.7 Å². The van der Waals surface area contributed by atoms with Crippen LogP contribution in [0.3, 0.4) is 0 Å². The van der Waals surface area contributed by atoms with Crippen molar-refractivity contribution < 1.29 is 24.0 Å². The quantitative estimate of drug-likeness (QED) is 0.465. The molecule has 8 nitrogen and oxygen atoms in total. The first-order valence-corrected chi connectivity index (χ1v) is 9.91. The summed E-state index contributed by atoms with van der Waals surface area (Å²) in [5, 5.41) is 8.35. The lowest BCUT2D eigenvalue weighted by Gasteiger charge is -2.16. The van der Waals surface area contributed by atoms with E-state index in [0.717, 1.165) is 4.90 Å². The summed E-state index contributed by atoms with van der Waals surface area (Å²) < 4.78 is 5.23. The third-order valence-corrected chi connectivity index (χ3v) is 4.48. The van der Waals surface area contributed by atoms with Gasteiger partial charge in [-0.1, -0.05) is 12.1 Å². The number of methoxy groups -OCH3 is 1. The van der Waals surface area contributed by atoms with Crippen LogP contribution in [-0.2, 0) is 9.59 Å². The number of quaternary nitrogens is 1. The van der Waals surface area contributed by atoms with Crippen LogP contribution < -0.4 is 25.6 Å². The molecule has 1 unspecified atom stereocenters. The summed E-state index contributed by atoms with van der Waals surface area (Å²) in [7, 11) is 1.54. The maximum absolute atomic E-state index is 12.5. The Bertz CT molecular complexity index is 868. The van der Waals surface area contributed by atoms with E-state index in [9.17, 15) is 14.4 Å². The third kappa shape index (κ3) is 6.89. The molecule has 2 aromatic rings. The summed E-state index contributed by atoms with van der Waals surface area (Å²) in [6.07, 6.45) is 0.